The third kappa shape index (κ3) is 1.75. The van der Waals surface area contributed by atoms with Crippen LogP contribution in [0.4, 0.5) is 0 Å². The van der Waals surface area contributed by atoms with Gasteiger partial charge >= 0.3 is 0 Å². The second kappa shape index (κ2) is 3.47. The molecule has 0 amide bonds. The van der Waals surface area contributed by atoms with E-state index in [0.717, 1.165) is 0 Å². The maximum Gasteiger partial charge on any atom is 0.246 e. The molecule has 0 unspecified atom stereocenters. The smallest absolute Gasteiger partial charge is 0.246 e. The molecule has 0 radical (unpaired) electrons. The lowest BCUT2D eigenvalue weighted by atomic mass is 10.1. The van der Waals surface area contributed by atoms with Crippen molar-refractivity contribution < 1.29 is 4.52 Å². The van der Waals surface area contributed by atoms with Crippen molar-refractivity contribution in [2.24, 2.45) is 0 Å². The summed E-state index contributed by atoms with van der Waals surface area (Å²) in [6.07, 6.45) is 3.36. The molecule has 0 fully saturated rings. The maximum absolute atomic E-state index is 5.16. The zero-order valence-corrected chi connectivity index (χ0v) is 8.90. The Hall–Kier alpha value is -1.69. The minimum absolute atomic E-state index is 0.335. The first-order valence-corrected chi connectivity index (χ1v) is 4.66. The number of H-pyrrole nitrogens is 1. The molecule has 6 nitrogen and oxygen atoms in total. The van der Waals surface area contributed by atoms with Gasteiger partial charge in [-0.05, 0) is 20.9 Å². The lowest BCUT2D eigenvalue weighted by Gasteiger charge is -2.17. The predicted octanol–water partition coefficient (Wildman–Crippen LogP) is 0.914. The Morgan fingerprint density at radius 2 is 2.27 bits per heavy atom. The number of nitrogens with one attached hydrogen (secondary N) is 2. The molecule has 2 heterocycles. The predicted molar refractivity (Wildman–Crippen MR) is 54.0 cm³/mol. The van der Waals surface area contributed by atoms with Crippen LogP contribution in [0, 0.1) is 0 Å². The molecule has 0 atom stereocenters. The molecule has 2 rings (SSSR count). The van der Waals surface area contributed by atoms with E-state index in [2.05, 4.69) is 25.4 Å². The van der Waals surface area contributed by atoms with Crippen LogP contribution in [-0.4, -0.2) is 27.2 Å². The highest BCUT2D eigenvalue weighted by Gasteiger charge is 2.26. The summed E-state index contributed by atoms with van der Waals surface area (Å²) in [5, 5.41) is 6.94. The highest BCUT2D eigenvalue weighted by Crippen LogP contribution is 2.19. The van der Waals surface area contributed by atoms with Gasteiger partial charge in [-0.1, -0.05) is 5.16 Å². The van der Waals surface area contributed by atoms with Crippen LogP contribution >= 0.6 is 0 Å². The maximum atomic E-state index is 5.16. The van der Waals surface area contributed by atoms with Gasteiger partial charge < -0.3 is 14.8 Å². The minimum atomic E-state index is -0.335. The number of hydrogen-bond acceptors (Lipinski definition) is 5. The van der Waals surface area contributed by atoms with Crippen LogP contribution in [0.1, 0.15) is 19.7 Å². The molecule has 2 N–H and O–H groups in total. The second-order valence-electron chi connectivity index (χ2n) is 3.74. The van der Waals surface area contributed by atoms with Crippen LogP contribution in [0.5, 0.6) is 0 Å². The van der Waals surface area contributed by atoms with E-state index in [4.69, 9.17) is 4.52 Å². The Kier molecular flexibility index (Phi) is 2.28. The average molecular weight is 207 g/mol. The minimum Gasteiger partial charge on any atom is -0.342 e. The van der Waals surface area contributed by atoms with Gasteiger partial charge in [-0.2, -0.15) is 4.98 Å². The number of aromatic amines is 1. The Morgan fingerprint density at radius 3 is 2.87 bits per heavy atom. The molecule has 0 bridgehead atoms. The van der Waals surface area contributed by atoms with Gasteiger partial charge in [0.1, 0.15) is 0 Å². The third-order valence-electron chi connectivity index (χ3n) is 2.30. The zero-order valence-electron chi connectivity index (χ0n) is 8.90. The van der Waals surface area contributed by atoms with Crippen LogP contribution in [0.25, 0.3) is 11.6 Å². The molecule has 0 aromatic carbocycles. The molecule has 0 aliphatic heterocycles. The fraction of sp³-hybridized carbons (Fsp3) is 0.444. The summed E-state index contributed by atoms with van der Waals surface area (Å²) >= 11 is 0. The third-order valence-corrected chi connectivity index (χ3v) is 2.30. The van der Waals surface area contributed by atoms with Crippen molar-refractivity contribution in [1.29, 1.82) is 0 Å². The van der Waals surface area contributed by atoms with Gasteiger partial charge in [-0.25, -0.2) is 4.98 Å². The summed E-state index contributed by atoms with van der Waals surface area (Å²) in [6.45, 7) is 3.93. The van der Waals surface area contributed by atoms with Crippen LogP contribution in [-0.2, 0) is 5.54 Å². The van der Waals surface area contributed by atoms with Crippen molar-refractivity contribution in [2.45, 2.75) is 19.4 Å². The SMILES string of the molecule is CNC(C)(C)c1nc(-c2ncc[nH]2)no1. The molecular weight excluding hydrogens is 194 g/mol. The topological polar surface area (TPSA) is 79.6 Å². The monoisotopic (exact) mass is 207 g/mol. The van der Waals surface area contributed by atoms with E-state index in [0.29, 0.717) is 17.5 Å². The normalized spacial score (nSPS) is 11.9. The molecule has 15 heavy (non-hydrogen) atoms. The summed E-state index contributed by atoms with van der Waals surface area (Å²) in [5.41, 5.74) is -0.335. The van der Waals surface area contributed by atoms with Crippen molar-refractivity contribution in [1.82, 2.24) is 25.4 Å². The Labute approximate surface area is 87.1 Å². The molecule has 0 saturated carbocycles. The van der Waals surface area contributed by atoms with Gasteiger partial charge in [0.25, 0.3) is 0 Å². The van der Waals surface area contributed by atoms with E-state index in [9.17, 15) is 0 Å². The van der Waals surface area contributed by atoms with Crippen molar-refractivity contribution in [3.63, 3.8) is 0 Å². The lowest BCUT2D eigenvalue weighted by molar-refractivity contribution is 0.281. The summed E-state index contributed by atoms with van der Waals surface area (Å²) in [7, 11) is 1.84. The van der Waals surface area contributed by atoms with E-state index in [-0.39, 0.29) is 5.54 Å². The Morgan fingerprint density at radius 1 is 1.47 bits per heavy atom. The summed E-state index contributed by atoms with van der Waals surface area (Å²) in [5.74, 6) is 1.62. The Balaban J connectivity index is 2.33. The molecule has 0 aliphatic carbocycles. The van der Waals surface area contributed by atoms with Crippen LogP contribution in [0.2, 0.25) is 0 Å². The first kappa shape index (κ1) is 9.85. The number of hydrogen-bond donors (Lipinski definition) is 2. The first-order valence-electron chi connectivity index (χ1n) is 4.66. The number of aromatic nitrogens is 4. The van der Waals surface area contributed by atoms with Crippen molar-refractivity contribution >= 4 is 0 Å². The number of nitrogens with zero attached hydrogens (tertiary/aromatic N) is 3. The van der Waals surface area contributed by atoms with E-state index < -0.39 is 0 Å². The fourth-order valence-electron chi connectivity index (χ4n) is 1.07. The van der Waals surface area contributed by atoms with E-state index in [1.165, 1.54) is 0 Å². The highest BCUT2D eigenvalue weighted by atomic mass is 16.5. The molecule has 0 spiro atoms. The van der Waals surface area contributed by atoms with Gasteiger partial charge in [0.05, 0.1) is 5.54 Å². The molecule has 2 aromatic heterocycles. The van der Waals surface area contributed by atoms with Gasteiger partial charge in [-0.15, -0.1) is 0 Å². The number of rotatable bonds is 3. The van der Waals surface area contributed by atoms with Gasteiger partial charge in [0, 0.05) is 12.4 Å². The van der Waals surface area contributed by atoms with E-state index >= 15 is 0 Å². The van der Waals surface area contributed by atoms with Crippen LogP contribution in [0.3, 0.4) is 0 Å². The highest BCUT2D eigenvalue weighted by molar-refractivity contribution is 5.41. The molecule has 80 valence electrons. The van der Waals surface area contributed by atoms with E-state index in [1.54, 1.807) is 12.4 Å². The largest absolute Gasteiger partial charge is 0.342 e. The van der Waals surface area contributed by atoms with Crippen molar-refractivity contribution in [3.8, 4) is 11.6 Å². The van der Waals surface area contributed by atoms with Crippen molar-refractivity contribution in [2.75, 3.05) is 7.05 Å². The summed E-state index contributed by atoms with van der Waals surface area (Å²) in [6, 6.07) is 0. The molecule has 0 aliphatic rings. The first-order chi connectivity index (χ1) is 7.13. The molecule has 6 heteroatoms. The summed E-state index contributed by atoms with van der Waals surface area (Å²) in [4.78, 5) is 11.2. The van der Waals surface area contributed by atoms with E-state index in [1.807, 2.05) is 20.9 Å². The standard InChI is InChI=1S/C9H13N5O/c1-9(2,10-3)8-13-7(14-15-8)6-11-4-5-12-6/h4-5,10H,1-3H3,(H,11,12). The average Bonchev–Trinajstić information content (AvgIpc) is 2.88. The lowest BCUT2D eigenvalue weighted by Crippen LogP contribution is -2.33. The Bertz CT molecular complexity index is 431. The zero-order chi connectivity index (χ0) is 10.9. The van der Waals surface area contributed by atoms with Gasteiger partial charge in [-0.3, -0.25) is 0 Å². The quantitative estimate of drug-likeness (QED) is 0.782. The molecule has 0 saturated heterocycles. The number of imidazole rings is 1. The summed E-state index contributed by atoms with van der Waals surface area (Å²) < 4.78 is 5.16. The van der Waals surface area contributed by atoms with Gasteiger partial charge in [0.2, 0.25) is 11.7 Å². The van der Waals surface area contributed by atoms with Crippen LogP contribution in [0.15, 0.2) is 16.9 Å². The van der Waals surface area contributed by atoms with Crippen molar-refractivity contribution in [3.05, 3.63) is 18.3 Å². The van der Waals surface area contributed by atoms with Crippen LogP contribution < -0.4 is 5.32 Å². The fourth-order valence-corrected chi connectivity index (χ4v) is 1.07. The molecular formula is C9H13N5O. The second-order valence-corrected chi connectivity index (χ2v) is 3.74. The van der Waals surface area contributed by atoms with Gasteiger partial charge in [0.15, 0.2) is 5.82 Å². The molecule has 2 aromatic rings.